The summed E-state index contributed by atoms with van der Waals surface area (Å²) in [6.07, 6.45) is 2.47. The van der Waals surface area contributed by atoms with Gasteiger partial charge in [0.1, 0.15) is 5.69 Å². The summed E-state index contributed by atoms with van der Waals surface area (Å²) in [6.45, 7) is 8.64. The minimum absolute atomic E-state index is 0.154. The number of aromatic nitrogens is 2. The van der Waals surface area contributed by atoms with Crippen molar-refractivity contribution in [3.63, 3.8) is 0 Å². The normalized spacial score (nSPS) is 15.1. The summed E-state index contributed by atoms with van der Waals surface area (Å²) in [5, 5.41) is 7.69. The van der Waals surface area contributed by atoms with Gasteiger partial charge in [-0.05, 0) is 43.7 Å². The van der Waals surface area contributed by atoms with E-state index in [1.807, 2.05) is 6.92 Å². The Labute approximate surface area is 198 Å². The second kappa shape index (κ2) is 10.2. The van der Waals surface area contributed by atoms with Gasteiger partial charge in [0.2, 0.25) is 0 Å². The molecular weight excluding hydrogens is 430 g/mol. The molecule has 4 heterocycles. The molecule has 0 bridgehead atoms. The van der Waals surface area contributed by atoms with Crippen LogP contribution in [0.3, 0.4) is 0 Å². The predicted octanol–water partition coefficient (Wildman–Crippen LogP) is 3.73. The third kappa shape index (κ3) is 5.03. The molecule has 0 spiro atoms. The maximum absolute atomic E-state index is 13.0. The Kier molecular flexibility index (Phi) is 6.69. The van der Waals surface area contributed by atoms with Crippen molar-refractivity contribution in [1.29, 1.82) is 0 Å². The molecule has 0 atom stereocenters. The monoisotopic (exact) mass is 459 g/mol. The first-order chi connectivity index (χ1) is 16.7. The molecule has 34 heavy (non-hydrogen) atoms. The van der Waals surface area contributed by atoms with Crippen molar-refractivity contribution in [2.24, 2.45) is 0 Å². The number of amides is 1. The summed E-state index contributed by atoms with van der Waals surface area (Å²) in [7, 11) is 0. The van der Waals surface area contributed by atoms with E-state index in [-0.39, 0.29) is 5.91 Å². The molecule has 176 valence electrons. The van der Waals surface area contributed by atoms with Gasteiger partial charge in [-0.3, -0.25) is 9.69 Å². The van der Waals surface area contributed by atoms with Gasteiger partial charge < -0.3 is 19.2 Å². The third-order valence-electron chi connectivity index (χ3n) is 6.29. The fourth-order valence-corrected chi connectivity index (χ4v) is 4.44. The van der Waals surface area contributed by atoms with E-state index >= 15 is 0 Å². The molecule has 3 aromatic heterocycles. The molecule has 0 aliphatic carbocycles. The second-order valence-corrected chi connectivity index (χ2v) is 8.69. The zero-order valence-electron chi connectivity index (χ0n) is 19.4. The number of pyridine rings is 1. The molecule has 1 saturated heterocycles. The number of nitrogens with zero attached hydrogens (tertiary/aromatic N) is 4. The summed E-state index contributed by atoms with van der Waals surface area (Å²) < 4.78 is 10.8. The molecule has 0 saturated carbocycles. The average molecular weight is 460 g/mol. The second-order valence-electron chi connectivity index (χ2n) is 8.69. The van der Waals surface area contributed by atoms with Gasteiger partial charge in [0, 0.05) is 39.3 Å². The van der Waals surface area contributed by atoms with E-state index in [2.05, 4.69) is 55.6 Å². The van der Waals surface area contributed by atoms with Crippen LogP contribution >= 0.6 is 0 Å². The van der Waals surface area contributed by atoms with E-state index in [1.54, 1.807) is 24.5 Å². The molecule has 8 heteroatoms. The van der Waals surface area contributed by atoms with Crippen molar-refractivity contribution in [2.75, 3.05) is 39.3 Å². The van der Waals surface area contributed by atoms with Crippen molar-refractivity contribution >= 4 is 17.0 Å². The number of carbonyl (C=O) groups is 1. The van der Waals surface area contributed by atoms with E-state index in [1.165, 1.54) is 5.56 Å². The number of benzene rings is 1. The molecule has 1 aliphatic rings. The lowest BCUT2D eigenvalue weighted by Gasteiger charge is -2.34. The molecule has 0 radical (unpaired) electrons. The van der Waals surface area contributed by atoms with Crippen LogP contribution in [0.5, 0.6) is 0 Å². The van der Waals surface area contributed by atoms with Gasteiger partial charge in [0.25, 0.3) is 11.6 Å². The zero-order valence-corrected chi connectivity index (χ0v) is 19.4. The van der Waals surface area contributed by atoms with Gasteiger partial charge in [-0.25, -0.2) is 4.98 Å². The van der Waals surface area contributed by atoms with Gasteiger partial charge >= 0.3 is 0 Å². The molecule has 1 fully saturated rings. The fourth-order valence-electron chi connectivity index (χ4n) is 4.44. The van der Waals surface area contributed by atoms with E-state index in [0.29, 0.717) is 40.4 Å². The van der Waals surface area contributed by atoms with Crippen molar-refractivity contribution < 1.29 is 13.7 Å². The molecule has 5 rings (SSSR count). The third-order valence-corrected chi connectivity index (χ3v) is 6.29. The molecule has 1 N–H and O–H groups in total. The van der Waals surface area contributed by atoms with Crippen LogP contribution < -0.4 is 5.32 Å². The van der Waals surface area contributed by atoms with E-state index < -0.39 is 0 Å². The predicted molar refractivity (Wildman–Crippen MR) is 129 cm³/mol. The van der Waals surface area contributed by atoms with Crippen LogP contribution in [0, 0.1) is 6.92 Å². The summed E-state index contributed by atoms with van der Waals surface area (Å²) in [5.74, 6) is 0.426. The molecule has 1 aliphatic heterocycles. The van der Waals surface area contributed by atoms with Gasteiger partial charge in [0.05, 0.1) is 22.9 Å². The lowest BCUT2D eigenvalue weighted by atomic mass is 10.1. The number of fused-ring (bicyclic) bond motifs is 1. The number of piperazine rings is 1. The average Bonchev–Trinajstić information content (AvgIpc) is 3.53. The first-order valence-electron chi connectivity index (χ1n) is 11.7. The number of rotatable bonds is 8. The van der Waals surface area contributed by atoms with Crippen LogP contribution in [-0.2, 0) is 6.54 Å². The van der Waals surface area contributed by atoms with E-state index in [0.717, 1.165) is 45.7 Å². The number of carbonyl (C=O) groups excluding carboxylic acids is 1. The fraction of sp³-hybridized carbons (Fsp3) is 0.346. The van der Waals surface area contributed by atoms with Crippen molar-refractivity contribution in [2.45, 2.75) is 19.9 Å². The Bertz CT molecular complexity index is 1230. The Hall–Kier alpha value is -3.49. The highest BCUT2D eigenvalue weighted by Gasteiger charge is 2.20. The Morgan fingerprint density at radius 2 is 1.85 bits per heavy atom. The van der Waals surface area contributed by atoms with Gasteiger partial charge in [-0.1, -0.05) is 35.5 Å². The number of aryl methyl sites for hydroxylation is 1. The molecule has 1 aromatic carbocycles. The molecule has 8 nitrogen and oxygen atoms in total. The molecule has 0 unspecified atom stereocenters. The number of hydrogen-bond donors (Lipinski definition) is 1. The molecular formula is C26H29N5O3. The summed E-state index contributed by atoms with van der Waals surface area (Å²) in [6, 6.07) is 16.0. The highest BCUT2D eigenvalue weighted by molar-refractivity contribution is 6.06. The summed E-state index contributed by atoms with van der Waals surface area (Å²) >= 11 is 0. The van der Waals surface area contributed by atoms with Crippen LogP contribution in [-0.4, -0.2) is 65.1 Å². The first kappa shape index (κ1) is 22.3. The van der Waals surface area contributed by atoms with Crippen molar-refractivity contribution in [3.8, 4) is 11.5 Å². The molecule has 4 aromatic rings. The van der Waals surface area contributed by atoms with E-state index in [4.69, 9.17) is 8.94 Å². The number of nitrogens with one attached hydrogen (secondary N) is 1. The lowest BCUT2D eigenvalue weighted by Crippen LogP contribution is -2.46. The Morgan fingerprint density at radius 3 is 2.62 bits per heavy atom. The van der Waals surface area contributed by atoms with Gasteiger partial charge in [-0.2, -0.15) is 0 Å². The van der Waals surface area contributed by atoms with Crippen LogP contribution in [0.2, 0.25) is 0 Å². The number of furan rings is 1. The minimum atomic E-state index is -0.154. The van der Waals surface area contributed by atoms with Gasteiger partial charge in [0.15, 0.2) is 5.76 Å². The van der Waals surface area contributed by atoms with E-state index in [9.17, 15) is 4.79 Å². The summed E-state index contributed by atoms with van der Waals surface area (Å²) in [5.41, 5.74) is 3.40. The van der Waals surface area contributed by atoms with Crippen molar-refractivity contribution in [1.82, 2.24) is 25.3 Å². The van der Waals surface area contributed by atoms with Crippen LogP contribution in [0.25, 0.3) is 22.6 Å². The number of hydrogen-bond acceptors (Lipinski definition) is 7. The SMILES string of the molecule is Cc1noc2nc(-c3ccco3)cc(C(=O)NCCCN3CCN(Cc4ccccc4)CC3)c12. The largest absolute Gasteiger partial charge is 0.463 e. The minimum Gasteiger partial charge on any atom is -0.463 e. The Morgan fingerprint density at radius 1 is 1.06 bits per heavy atom. The maximum atomic E-state index is 13.0. The lowest BCUT2D eigenvalue weighted by molar-refractivity contribution is 0.0948. The van der Waals surface area contributed by atoms with Gasteiger partial charge in [-0.15, -0.1) is 0 Å². The summed E-state index contributed by atoms with van der Waals surface area (Å²) in [4.78, 5) is 22.5. The smallest absolute Gasteiger partial charge is 0.259 e. The first-order valence-corrected chi connectivity index (χ1v) is 11.7. The highest BCUT2D eigenvalue weighted by atomic mass is 16.5. The quantitative estimate of drug-likeness (QED) is 0.402. The van der Waals surface area contributed by atoms with Crippen molar-refractivity contribution in [3.05, 3.63) is 71.6 Å². The van der Waals surface area contributed by atoms with Crippen LogP contribution in [0.15, 0.2) is 63.7 Å². The Balaban J connectivity index is 1.13. The highest BCUT2D eigenvalue weighted by Crippen LogP contribution is 2.27. The van der Waals surface area contributed by atoms with Crippen LogP contribution in [0.1, 0.15) is 28.0 Å². The maximum Gasteiger partial charge on any atom is 0.259 e. The standard InChI is InChI=1S/C26H29N5O3/c1-19-24-21(17-22(23-9-5-16-33-23)28-26(24)34-29-19)25(32)27-10-6-11-30-12-14-31(15-13-30)18-20-7-3-2-4-8-20/h2-5,7-9,16-17H,6,10-15,18H2,1H3,(H,27,32). The molecule has 1 amide bonds. The topological polar surface area (TPSA) is 87.6 Å². The zero-order chi connectivity index (χ0) is 23.3. The van der Waals surface area contributed by atoms with Crippen LogP contribution in [0.4, 0.5) is 0 Å².